The molecule has 1 saturated carbocycles. The zero-order valence-electron chi connectivity index (χ0n) is 15.9. The lowest BCUT2D eigenvalue weighted by atomic mass is 9.80. The summed E-state index contributed by atoms with van der Waals surface area (Å²) < 4.78 is 40.0. The molecule has 2 rings (SSSR count). The fraction of sp³-hybridized carbons (Fsp3) is 0.600. The summed E-state index contributed by atoms with van der Waals surface area (Å²) in [4.78, 5) is 26.9. The summed E-state index contributed by atoms with van der Waals surface area (Å²) in [6, 6.07) is 1.79. The van der Waals surface area contributed by atoms with E-state index in [1.807, 2.05) is 18.7 Å². The molecule has 0 unspecified atom stereocenters. The summed E-state index contributed by atoms with van der Waals surface area (Å²) in [5.74, 6) is -5.04. The number of nitrogens with one attached hydrogen (secondary N) is 1. The number of hydrogen-bond acceptors (Lipinski definition) is 2. The van der Waals surface area contributed by atoms with E-state index in [1.54, 1.807) is 0 Å². The lowest BCUT2D eigenvalue weighted by Gasteiger charge is -2.31. The molecule has 1 aliphatic rings. The van der Waals surface area contributed by atoms with Crippen molar-refractivity contribution in [2.75, 3.05) is 18.4 Å². The molecule has 150 valence electrons. The van der Waals surface area contributed by atoms with Crippen molar-refractivity contribution in [3.8, 4) is 0 Å². The van der Waals surface area contributed by atoms with Gasteiger partial charge in [-0.15, -0.1) is 0 Å². The highest BCUT2D eigenvalue weighted by molar-refractivity contribution is 5.93. The first-order valence-corrected chi connectivity index (χ1v) is 9.62. The van der Waals surface area contributed by atoms with Crippen LogP contribution in [0, 0.1) is 29.3 Å². The second-order valence-corrected chi connectivity index (χ2v) is 7.09. The SMILES string of the molecule is CCCN(CCC)C(=O)C1CCC(C(=O)Nc2ccc(F)c(F)c2F)CC1. The monoisotopic (exact) mass is 384 g/mol. The third-order valence-corrected chi connectivity index (χ3v) is 5.04. The number of nitrogens with zero attached hydrogens (tertiary/aromatic N) is 1. The Hall–Kier alpha value is -2.05. The Kier molecular flexibility index (Phi) is 7.68. The maximum Gasteiger partial charge on any atom is 0.227 e. The molecule has 1 fully saturated rings. The molecular weight excluding hydrogens is 357 g/mol. The largest absolute Gasteiger partial charge is 0.342 e. The van der Waals surface area contributed by atoms with Crippen molar-refractivity contribution in [3.05, 3.63) is 29.6 Å². The van der Waals surface area contributed by atoms with Crippen LogP contribution in [0.15, 0.2) is 12.1 Å². The number of halogens is 3. The molecule has 1 aliphatic carbocycles. The molecule has 4 nitrogen and oxygen atoms in total. The summed E-state index contributed by atoms with van der Waals surface area (Å²) in [5.41, 5.74) is -0.367. The number of benzene rings is 1. The van der Waals surface area contributed by atoms with E-state index in [1.165, 1.54) is 0 Å². The minimum absolute atomic E-state index is 0.0906. The van der Waals surface area contributed by atoms with E-state index in [2.05, 4.69) is 5.32 Å². The average molecular weight is 384 g/mol. The molecule has 0 atom stereocenters. The lowest BCUT2D eigenvalue weighted by Crippen LogP contribution is -2.39. The predicted octanol–water partition coefficient (Wildman–Crippen LogP) is 4.50. The minimum Gasteiger partial charge on any atom is -0.342 e. The average Bonchev–Trinajstić information content (AvgIpc) is 2.67. The topological polar surface area (TPSA) is 49.4 Å². The highest BCUT2D eigenvalue weighted by atomic mass is 19.2. The maximum atomic E-state index is 13.7. The quantitative estimate of drug-likeness (QED) is 0.704. The van der Waals surface area contributed by atoms with Gasteiger partial charge in [0.25, 0.3) is 0 Å². The Bertz CT molecular complexity index is 667. The maximum absolute atomic E-state index is 13.7. The van der Waals surface area contributed by atoms with E-state index < -0.39 is 23.4 Å². The minimum atomic E-state index is -1.60. The van der Waals surface area contributed by atoms with Crippen LogP contribution in [0.3, 0.4) is 0 Å². The van der Waals surface area contributed by atoms with Crippen LogP contribution in [0.25, 0.3) is 0 Å². The van der Waals surface area contributed by atoms with Crippen molar-refractivity contribution >= 4 is 17.5 Å². The number of amides is 2. The molecule has 0 saturated heterocycles. The van der Waals surface area contributed by atoms with Crippen LogP contribution in [0.4, 0.5) is 18.9 Å². The first-order chi connectivity index (χ1) is 12.9. The van der Waals surface area contributed by atoms with Crippen LogP contribution in [0.1, 0.15) is 52.4 Å². The van der Waals surface area contributed by atoms with Gasteiger partial charge in [-0.05, 0) is 50.7 Å². The van der Waals surface area contributed by atoms with Crippen LogP contribution in [-0.4, -0.2) is 29.8 Å². The van der Waals surface area contributed by atoms with Gasteiger partial charge in [-0.3, -0.25) is 9.59 Å². The van der Waals surface area contributed by atoms with Gasteiger partial charge in [0, 0.05) is 24.9 Å². The molecule has 1 aromatic rings. The van der Waals surface area contributed by atoms with Crippen molar-refractivity contribution < 1.29 is 22.8 Å². The molecule has 0 aliphatic heterocycles. The Morgan fingerprint density at radius 3 is 2.07 bits per heavy atom. The van der Waals surface area contributed by atoms with E-state index in [9.17, 15) is 22.8 Å². The van der Waals surface area contributed by atoms with Crippen LogP contribution in [-0.2, 0) is 9.59 Å². The van der Waals surface area contributed by atoms with Crippen molar-refractivity contribution in [1.82, 2.24) is 4.90 Å². The molecule has 2 amide bonds. The Balaban J connectivity index is 1.92. The summed E-state index contributed by atoms with van der Waals surface area (Å²) in [6.07, 6.45) is 4.04. The normalized spacial score (nSPS) is 19.6. The summed E-state index contributed by atoms with van der Waals surface area (Å²) in [5, 5.41) is 2.34. The highest BCUT2D eigenvalue weighted by Gasteiger charge is 2.32. The standard InChI is InChI=1S/C20H27F3N2O2/c1-3-11-25(12-4-2)20(27)14-7-5-13(6-8-14)19(26)24-16-10-9-15(21)17(22)18(16)23/h9-10,13-14H,3-8,11-12H2,1-2H3,(H,24,26). The van der Waals surface area contributed by atoms with Gasteiger partial charge in [0.1, 0.15) is 0 Å². The zero-order valence-corrected chi connectivity index (χ0v) is 15.9. The lowest BCUT2D eigenvalue weighted by molar-refractivity contribution is -0.138. The molecule has 27 heavy (non-hydrogen) atoms. The van der Waals surface area contributed by atoms with Crippen molar-refractivity contribution in [2.24, 2.45) is 11.8 Å². The number of rotatable bonds is 7. The zero-order chi connectivity index (χ0) is 20.0. The van der Waals surface area contributed by atoms with Crippen molar-refractivity contribution in [1.29, 1.82) is 0 Å². The van der Waals surface area contributed by atoms with Gasteiger partial charge in [-0.25, -0.2) is 13.2 Å². The smallest absolute Gasteiger partial charge is 0.227 e. The highest BCUT2D eigenvalue weighted by Crippen LogP contribution is 2.31. The Morgan fingerprint density at radius 2 is 1.52 bits per heavy atom. The fourth-order valence-electron chi connectivity index (χ4n) is 3.59. The summed E-state index contributed by atoms with van der Waals surface area (Å²) in [7, 11) is 0. The molecule has 0 radical (unpaired) electrons. The van der Waals surface area contributed by atoms with Gasteiger partial charge in [0.05, 0.1) is 5.69 Å². The van der Waals surface area contributed by atoms with E-state index >= 15 is 0 Å². The van der Waals surface area contributed by atoms with Crippen LogP contribution in [0.2, 0.25) is 0 Å². The number of hydrogen-bond donors (Lipinski definition) is 1. The van der Waals surface area contributed by atoms with E-state index in [4.69, 9.17) is 0 Å². The van der Waals surface area contributed by atoms with Gasteiger partial charge < -0.3 is 10.2 Å². The molecule has 1 aromatic carbocycles. The number of carbonyl (C=O) groups is 2. The van der Waals surface area contributed by atoms with E-state index in [0.29, 0.717) is 25.7 Å². The van der Waals surface area contributed by atoms with E-state index in [0.717, 1.165) is 38.1 Å². The van der Waals surface area contributed by atoms with Crippen molar-refractivity contribution in [2.45, 2.75) is 52.4 Å². The molecule has 0 bridgehead atoms. The first kappa shape index (κ1) is 21.3. The summed E-state index contributed by atoms with van der Waals surface area (Å²) >= 11 is 0. The van der Waals surface area contributed by atoms with Gasteiger partial charge in [0.15, 0.2) is 17.5 Å². The molecule has 0 spiro atoms. The van der Waals surface area contributed by atoms with Crippen LogP contribution in [0.5, 0.6) is 0 Å². The van der Waals surface area contributed by atoms with Crippen LogP contribution < -0.4 is 5.32 Å². The second-order valence-electron chi connectivity index (χ2n) is 7.09. The number of carbonyl (C=O) groups excluding carboxylic acids is 2. The van der Waals surface area contributed by atoms with Gasteiger partial charge >= 0.3 is 0 Å². The molecule has 1 N–H and O–H groups in total. The van der Waals surface area contributed by atoms with E-state index in [-0.39, 0.29) is 23.4 Å². The molecular formula is C20H27F3N2O2. The molecule has 0 heterocycles. The Morgan fingerprint density at radius 1 is 0.963 bits per heavy atom. The first-order valence-electron chi connectivity index (χ1n) is 9.62. The third-order valence-electron chi connectivity index (χ3n) is 5.04. The number of anilines is 1. The fourth-order valence-corrected chi connectivity index (χ4v) is 3.59. The van der Waals surface area contributed by atoms with Gasteiger partial charge in [-0.2, -0.15) is 0 Å². The Labute approximate surface area is 158 Å². The second kappa shape index (κ2) is 9.76. The predicted molar refractivity (Wildman–Crippen MR) is 97.6 cm³/mol. The van der Waals surface area contributed by atoms with Crippen molar-refractivity contribution in [3.63, 3.8) is 0 Å². The molecule has 7 heteroatoms. The summed E-state index contributed by atoms with van der Waals surface area (Å²) in [6.45, 7) is 5.55. The molecule has 0 aromatic heterocycles. The van der Waals surface area contributed by atoms with Crippen LogP contribution >= 0.6 is 0 Å². The third kappa shape index (κ3) is 5.23. The van der Waals surface area contributed by atoms with Gasteiger partial charge in [0.2, 0.25) is 11.8 Å². The van der Waals surface area contributed by atoms with Gasteiger partial charge in [-0.1, -0.05) is 13.8 Å².